The van der Waals surface area contributed by atoms with Gasteiger partial charge in [-0.05, 0) is 37.1 Å². The second-order valence-corrected chi connectivity index (χ2v) is 6.62. The van der Waals surface area contributed by atoms with Gasteiger partial charge in [0.2, 0.25) is 5.91 Å². The Balaban J connectivity index is 1.65. The number of rotatable bonds is 3. The number of anilines is 1. The monoisotopic (exact) mass is 408 g/mol. The zero-order valence-electron chi connectivity index (χ0n) is 15.2. The van der Waals surface area contributed by atoms with Crippen LogP contribution in [0, 0.1) is 5.92 Å². The molecule has 1 atom stereocenters. The number of amides is 2. The van der Waals surface area contributed by atoms with Gasteiger partial charge in [0.25, 0.3) is 5.91 Å². The molecule has 1 aromatic carbocycles. The molecule has 2 heterocycles. The summed E-state index contributed by atoms with van der Waals surface area (Å²) in [6, 6.07) is 8.00. The molecular weight excluding hydrogens is 389 g/mol. The highest BCUT2D eigenvalue weighted by Gasteiger charge is 2.37. The van der Waals surface area contributed by atoms with Crippen LogP contribution in [0.5, 0.6) is 5.75 Å². The summed E-state index contributed by atoms with van der Waals surface area (Å²) >= 11 is 0. The Morgan fingerprint density at radius 1 is 1.14 bits per heavy atom. The Labute approximate surface area is 164 Å². The number of hydrogen-bond acceptors (Lipinski definition) is 5. The van der Waals surface area contributed by atoms with E-state index in [4.69, 9.17) is 0 Å². The third-order valence-corrected chi connectivity index (χ3v) is 4.63. The molecule has 7 nitrogen and oxygen atoms in total. The maximum atomic E-state index is 13.2. The van der Waals surface area contributed by atoms with Crippen LogP contribution in [-0.2, 0) is 11.0 Å². The number of alkyl halides is 3. The van der Waals surface area contributed by atoms with E-state index in [0.29, 0.717) is 19.4 Å². The highest BCUT2D eigenvalue weighted by molar-refractivity contribution is 5.97. The van der Waals surface area contributed by atoms with E-state index in [0.717, 1.165) is 6.07 Å². The third kappa shape index (κ3) is 4.76. The van der Waals surface area contributed by atoms with E-state index in [-0.39, 0.29) is 23.7 Å². The molecule has 1 aromatic heterocycles. The molecule has 1 fully saturated rings. The van der Waals surface area contributed by atoms with Crippen molar-refractivity contribution < 1.29 is 27.9 Å². The summed E-state index contributed by atoms with van der Waals surface area (Å²) in [5.41, 5.74) is 3.62. The van der Waals surface area contributed by atoms with Crippen LogP contribution in [0.2, 0.25) is 0 Å². The van der Waals surface area contributed by atoms with Crippen LogP contribution >= 0.6 is 0 Å². The van der Waals surface area contributed by atoms with E-state index in [2.05, 4.69) is 15.8 Å². The Morgan fingerprint density at radius 3 is 2.62 bits per heavy atom. The first-order valence-electron chi connectivity index (χ1n) is 8.92. The van der Waals surface area contributed by atoms with E-state index in [9.17, 15) is 27.9 Å². The summed E-state index contributed by atoms with van der Waals surface area (Å²) in [5, 5.41) is 9.67. The molecule has 154 valence electrons. The largest absolute Gasteiger partial charge is 0.507 e. The van der Waals surface area contributed by atoms with Gasteiger partial charge in [-0.1, -0.05) is 12.1 Å². The van der Waals surface area contributed by atoms with Crippen molar-refractivity contribution in [3.63, 3.8) is 0 Å². The van der Waals surface area contributed by atoms with Gasteiger partial charge < -0.3 is 10.0 Å². The summed E-state index contributed by atoms with van der Waals surface area (Å²) in [6.07, 6.45) is -2.31. The number of para-hydroxylation sites is 1. The van der Waals surface area contributed by atoms with E-state index in [1.54, 1.807) is 12.1 Å². The SMILES string of the molecule is O=C(NNC(=O)C1CCCN(c2ncccc2C(F)(F)F)C1)c1ccccc1O. The molecule has 0 aliphatic carbocycles. The smallest absolute Gasteiger partial charge is 0.419 e. The van der Waals surface area contributed by atoms with Crippen molar-refractivity contribution in [2.45, 2.75) is 19.0 Å². The molecule has 1 aliphatic rings. The Morgan fingerprint density at radius 2 is 1.90 bits per heavy atom. The Kier molecular flexibility index (Phi) is 5.90. The van der Waals surface area contributed by atoms with Gasteiger partial charge in [-0.3, -0.25) is 20.4 Å². The lowest BCUT2D eigenvalue weighted by molar-refractivity contribution is -0.137. The van der Waals surface area contributed by atoms with Gasteiger partial charge in [-0.15, -0.1) is 0 Å². The molecule has 2 amide bonds. The normalized spacial score (nSPS) is 16.9. The van der Waals surface area contributed by atoms with Gasteiger partial charge in [0.15, 0.2) is 0 Å². The first kappa shape index (κ1) is 20.4. The number of nitrogens with zero attached hydrogens (tertiary/aromatic N) is 2. The van der Waals surface area contributed by atoms with Crippen LogP contribution < -0.4 is 15.8 Å². The van der Waals surface area contributed by atoms with E-state index in [1.807, 2.05) is 0 Å². The number of aromatic hydroxyl groups is 1. The molecule has 1 saturated heterocycles. The fraction of sp³-hybridized carbons (Fsp3) is 0.316. The van der Waals surface area contributed by atoms with Gasteiger partial charge >= 0.3 is 6.18 Å². The molecule has 1 unspecified atom stereocenters. The molecule has 1 aliphatic heterocycles. The van der Waals surface area contributed by atoms with E-state index in [1.165, 1.54) is 29.3 Å². The van der Waals surface area contributed by atoms with Crippen LogP contribution in [0.15, 0.2) is 42.6 Å². The highest BCUT2D eigenvalue weighted by Crippen LogP contribution is 2.36. The van der Waals surface area contributed by atoms with Crippen LogP contribution in [0.25, 0.3) is 0 Å². The lowest BCUT2D eigenvalue weighted by Gasteiger charge is -2.34. The van der Waals surface area contributed by atoms with Gasteiger partial charge in [0.05, 0.1) is 17.0 Å². The second-order valence-electron chi connectivity index (χ2n) is 6.62. The number of benzene rings is 1. The standard InChI is InChI=1S/C19H19F3N4O3/c20-19(21,22)14-7-3-9-23-16(14)26-10-4-5-12(11-26)17(28)24-25-18(29)13-6-1-2-8-15(13)27/h1-3,6-9,12,27H,4-5,10-11H2,(H,24,28)(H,25,29). The van der Waals surface area contributed by atoms with Gasteiger partial charge in [-0.2, -0.15) is 13.2 Å². The summed E-state index contributed by atoms with van der Waals surface area (Å²) in [6.45, 7) is 0.381. The fourth-order valence-electron chi connectivity index (χ4n) is 3.21. The van der Waals surface area contributed by atoms with E-state index >= 15 is 0 Å². The van der Waals surface area contributed by atoms with Crippen molar-refractivity contribution in [2.75, 3.05) is 18.0 Å². The molecular formula is C19H19F3N4O3. The average molecular weight is 408 g/mol. The number of phenolic OH excluding ortho intramolecular Hbond substituents is 1. The molecule has 0 saturated carbocycles. The number of hydrogen-bond donors (Lipinski definition) is 3. The number of piperidine rings is 1. The minimum absolute atomic E-state index is 0.0126. The average Bonchev–Trinajstić information content (AvgIpc) is 2.71. The Bertz CT molecular complexity index is 904. The number of halogens is 3. The molecule has 0 spiro atoms. The van der Waals surface area contributed by atoms with Crippen molar-refractivity contribution in [2.24, 2.45) is 5.92 Å². The van der Waals surface area contributed by atoms with Crippen LogP contribution in [0.1, 0.15) is 28.8 Å². The van der Waals surface area contributed by atoms with Gasteiger partial charge in [0.1, 0.15) is 11.6 Å². The van der Waals surface area contributed by atoms with Crippen LogP contribution in [-0.4, -0.2) is 35.0 Å². The Hall–Kier alpha value is -3.30. The van der Waals surface area contributed by atoms with Crippen LogP contribution in [0.3, 0.4) is 0 Å². The summed E-state index contributed by atoms with van der Waals surface area (Å²) in [7, 11) is 0. The lowest BCUT2D eigenvalue weighted by Crippen LogP contribution is -2.49. The zero-order chi connectivity index (χ0) is 21.0. The van der Waals surface area contributed by atoms with Crippen molar-refractivity contribution >= 4 is 17.6 Å². The number of aromatic nitrogens is 1. The third-order valence-electron chi connectivity index (χ3n) is 4.63. The van der Waals surface area contributed by atoms with Crippen molar-refractivity contribution in [3.05, 3.63) is 53.7 Å². The number of hydrazine groups is 1. The maximum Gasteiger partial charge on any atom is 0.419 e. The minimum Gasteiger partial charge on any atom is -0.507 e. The molecule has 10 heteroatoms. The summed E-state index contributed by atoms with van der Waals surface area (Å²) < 4.78 is 39.7. The predicted molar refractivity (Wildman–Crippen MR) is 97.9 cm³/mol. The van der Waals surface area contributed by atoms with Crippen molar-refractivity contribution in [3.8, 4) is 5.75 Å². The number of nitrogens with one attached hydrogen (secondary N) is 2. The molecule has 0 radical (unpaired) electrons. The highest BCUT2D eigenvalue weighted by atomic mass is 19.4. The number of carbonyl (C=O) groups excluding carboxylic acids is 2. The molecule has 0 bridgehead atoms. The lowest BCUT2D eigenvalue weighted by atomic mass is 9.97. The zero-order valence-corrected chi connectivity index (χ0v) is 15.2. The molecule has 2 aromatic rings. The quantitative estimate of drug-likeness (QED) is 0.679. The van der Waals surface area contributed by atoms with E-state index < -0.39 is 29.5 Å². The van der Waals surface area contributed by atoms with Crippen molar-refractivity contribution in [1.29, 1.82) is 0 Å². The first-order chi connectivity index (χ1) is 13.8. The summed E-state index contributed by atoms with van der Waals surface area (Å²) in [5.74, 6) is -2.30. The molecule has 3 rings (SSSR count). The fourth-order valence-corrected chi connectivity index (χ4v) is 3.21. The van der Waals surface area contributed by atoms with Crippen molar-refractivity contribution in [1.82, 2.24) is 15.8 Å². The summed E-state index contributed by atoms with van der Waals surface area (Å²) in [4.78, 5) is 29.8. The van der Waals surface area contributed by atoms with Gasteiger partial charge in [-0.25, -0.2) is 4.98 Å². The maximum absolute atomic E-state index is 13.2. The van der Waals surface area contributed by atoms with Crippen LogP contribution in [0.4, 0.5) is 19.0 Å². The van der Waals surface area contributed by atoms with Gasteiger partial charge in [0, 0.05) is 19.3 Å². The minimum atomic E-state index is -4.55. The first-order valence-corrected chi connectivity index (χ1v) is 8.92. The molecule has 29 heavy (non-hydrogen) atoms. The number of carbonyl (C=O) groups is 2. The predicted octanol–water partition coefficient (Wildman–Crippen LogP) is 2.48. The second kappa shape index (κ2) is 8.38. The molecule has 3 N–H and O–H groups in total. The topological polar surface area (TPSA) is 94.6 Å². The number of phenols is 1. The number of pyridine rings is 1.